The SMILES string of the molecule is Cc1ccc(C(C)(C)S)c(F)c1F. The first kappa shape index (κ1) is 10.5. The van der Waals surface area contributed by atoms with Gasteiger partial charge in [-0.15, -0.1) is 0 Å². The monoisotopic (exact) mass is 202 g/mol. The summed E-state index contributed by atoms with van der Waals surface area (Å²) in [6.07, 6.45) is 0. The molecule has 0 unspecified atom stereocenters. The van der Waals surface area contributed by atoms with Crippen LogP contribution in [0.25, 0.3) is 0 Å². The number of benzene rings is 1. The minimum Gasteiger partial charge on any atom is -0.203 e. The Morgan fingerprint density at radius 2 is 1.69 bits per heavy atom. The Kier molecular flexibility index (Phi) is 2.66. The Labute approximate surface area is 82.4 Å². The third-order valence-corrected chi connectivity index (χ3v) is 2.18. The highest BCUT2D eigenvalue weighted by Gasteiger charge is 2.22. The molecule has 0 amide bonds. The molecule has 0 aliphatic carbocycles. The first-order valence-corrected chi connectivity index (χ1v) is 4.46. The summed E-state index contributed by atoms with van der Waals surface area (Å²) >= 11 is 4.19. The lowest BCUT2D eigenvalue weighted by Crippen LogP contribution is -2.12. The molecule has 0 bridgehead atoms. The molecule has 0 fully saturated rings. The van der Waals surface area contributed by atoms with Crippen LogP contribution in [0.15, 0.2) is 12.1 Å². The highest BCUT2D eigenvalue weighted by Crippen LogP contribution is 2.30. The third kappa shape index (κ3) is 2.02. The maximum atomic E-state index is 13.3. The van der Waals surface area contributed by atoms with E-state index in [4.69, 9.17) is 0 Å². The van der Waals surface area contributed by atoms with Crippen LogP contribution in [0.1, 0.15) is 25.0 Å². The van der Waals surface area contributed by atoms with E-state index >= 15 is 0 Å². The fourth-order valence-electron chi connectivity index (χ4n) is 1.12. The van der Waals surface area contributed by atoms with Gasteiger partial charge in [-0.05, 0) is 26.3 Å². The Morgan fingerprint density at radius 3 is 2.15 bits per heavy atom. The average Bonchev–Trinajstić information content (AvgIpc) is 1.98. The minimum atomic E-state index is -0.792. The smallest absolute Gasteiger partial charge is 0.163 e. The largest absolute Gasteiger partial charge is 0.203 e. The van der Waals surface area contributed by atoms with Crippen LogP contribution in [0.3, 0.4) is 0 Å². The Hall–Kier alpha value is -0.570. The van der Waals surface area contributed by atoms with E-state index in [9.17, 15) is 8.78 Å². The van der Waals surface area contributed by atoms with Crippen molar-refractivity contribution < 1.29 is 8.78 Å². The van der Waals surface area contributed by atoms with E-state index in [0.29, 0.717) is 11.1 Å². The maximum absolute atomic E-state index is 13.3. The van der Waals surface area contributed by atoms with Gasteiger partial charge in [0.1, 0.15) is 0 Å². The lowest BCUT2D eigenvalue weighted by molar-refractivity contribution is 0.485. The van der Waals surface area contributed by atoms with Crippen molar-refractivity contribution in [3.05, 3.63) is 34.9 Å². The second-order valence-electron chi connectivity index (χ2n) is 3.62. The predicted molar refractivity (Wildman–Crippen MR) is 53.1 cm³/mol. The number of rotatable bonds is 1. The van der Waals surface area contributed by atoms with E-state index in [0.717, 1.165) is 0 Å². The van der Waals surface area contributed by atoms with E-state index in [1.807, 2.05) is 0 Å². The maximum Gasteiger partial charge on any atom is 0.163 e. The normalized spacial score (nSPS) is 11.8. The molecule has 3 heteroatoms. The molecule has 0 heterocycles. The van der Waals surface area contributed by atoms with Crippen LogP contribution in [-0.2, 0) is 4.75 Å². The molecule has 72 valence electrons. The Balaban J connectivity index is 3.35. The fourth-order valence-corrected chi connectivity index (χ4v) is 1.29. The zero-order chi connectivity index (χ0) is 10.2. The van der Waals surface area contributed by atoms with Crippen molar-refractivity contribution in [3.8, 4) is 0 Å². The summed E-state index contributed by atoms with van der Waals surface area (Å²) in [5.41, 5.74) is 0.609. The van der Waals surface area contributed by atoms with E-state index in [2.05, 4.69) is 12.6 Å². The molecule has 0 aromatic heterocycles. The van der Waals surface area contributed by atoms with Gasteiger partial charge < -0.3 is 0 Å². The second kappa shape index (κ2) is 3.29. The van der Waals surface area contributed by atoms with Gasteiger partial charge in [0.05, 0.1) is 0 Å². The molecular formula is C10H12F2S. The van der Waals surface area contributed by atoms with Crippen molar-refractivity contribution in [1.82, 2.24) is 0 Å². The zero-order valence-electron chi connectivity index (χ0n) is 7.86. The van der Waals surface area contributed by atoms with E-state index in [-0.39, 0.29) is 0 Å². The molecule has 0 saturated carbocycles. The first-order chi connectivity index (χ1) is 5.84. The van der Waals surface area contributed by atoms with Gasteiger partial charge in [-0.3, -0.25) is 0 Å². The van der Waals surface area contributed by atoms with Gasteiger partial charge in [-0.1, -0.05) is 12.1 Å². The number of thiol groups is 1. The standard InChI is InChI=1S/C10H12F2S/c1-6-4-5-7(10(2,3)13)9(12)8(6)11/h4-5,13H,1-3H3. The van der Waals surface area contributed by atoms with Gasteiger partial charge in [-0.25, -0.2) is 8.78 Å². The summed E-state index contributed by atoms with van der Waals surface area (Å²) in [6, 6.07) is 3.13. The van der Waals surface area contributed by atoms with Crippen molar-refractivity contribution in [3.63, 3.8) is 0 Å². The molecule has 0 aliphatic rings. The summed E-state index contributed by atoms with van der Waals surface area (Å²) in [7, 11) is 0. The van der Waals surface area contributed by atoms with Crippen molar-refractivity contribution in [2.75, 3.05) is 0 Å². The van der Waals surface area contributed by atoms with E-state index < -0.39 is 16.4 Å². The topological polar surface area (TPSA) is 0 Å². The van der Waals surface area contributed by atoms with Gasteiger partial charge in [0, 0.05) is 10.3 Å². The molecule has 0 aliphatic heterocycles. The van der Waals surface area contributed by atoms with Gasteiger partial charge >= 0.3 is 0 Å². The number of aryl methyl sites for hydroxylation is 1. The van der Waals surface area contributed by atoms with Crippen LogP contribution in [-0.4, -0.2) is 0 Å². The zero-order valence-corrected chi connectivity index (χ0v) is 8.75. The molecule has 1 aromatic rings. The van der Waals surface area contributed by atoms with Gasteiger partial charge in [0.25, 0.3) is 0 Å². The van der Waals surface area contributed by atoms with Crippen LogP contribution in [0, 0.1) is 18.6 Å². The highest BCUT2D eigenvalue weighted by molar-refractivity contribution is 7.81. The van der Waals surface area contributed by atoms with Crippen molar-refractivity contribution in [2.45, 2.75) is 25.5 Å². The summed E-state index contributed by atoms with van der Waals surface area (Å²) in [4.78, 5) is 0. The van der Waals surface area contributed by atoms with Crippen molar-refractivity contribution >= 4 is 12.6 Å². The molecule has 1 aromatic carbocycles. The van der Waals surface area contributed by atoms with Crippen LogP contribution >= 0.6 is 12.6 Å². The lowest BCUT2D eigenvalue weighted by atomic mass is 10.00. The van der Waals surface area contributed by atoms with Gasteiger partial charge in [0.15, 0.2) is 11.6 Å². The Morgan fingerprint density at radius 1 is 1.15 bits per heavy atom. The van der Waals surface area contributed by atoms with Crippen LogP contribution in [0.5, 0.6) is 0 Å². The van der Waals surface area contributed by atoms with Gasteiger partial charge in [0.2, 0.25) is 0 Å². The quantitative estimate of drug-likeness (QED) is 0.663. The summed E-state index contributed by atoms with van der Waals surface area (Å²) in [6.45, 7) is 4.99. The summed E-state index contributed by atoms with van der Waals surface area (Å²) < 4.78 is 25.8. The fraction of sp³-hybridized carbons (Fsp3) is 0.400. The lowest BCUT2D eigenvalue weighted by Gasteiger charge is -2.19. The molecule has 0 saturated heterocycles. The number of hydrogen-bond donors (Lipinski definition) is 1. The summed E-state index contributed by atoms with van der Waals surface area (Å²) in [5.74, 6) is -1.57. The molecule has 0 radical (unpaired) electrons. The van der Waals surface area contributed by atoms with Crippen LogP contribution in [0.2, 0.25) is 0 Å². The second-order valence-corrected chi connectivity index (χ2v) is 4.74. The molecule has 0 nitrogen and oxygen atoms in total. The van der Waals surface area contributed by atoms with Crippen LogP contribution in [0.4, 0.5) is 8.78 Å². The molecule has 1 rings (SSSR count). The molecular weight excluding hydrogens is 190 g/mol. The minimum absolute atomic E-state index is 0.291. The van der Waals surface area contributed by atoms with E-state index in [1.54, 1.807) is 26.0 Å². The van der Waals surface area contributed by atoms with Crippen LogP contribution < -0.4 is 0 Å². The molecule has 0 atom stereocenters. The number of halogens is 2. The van der Waals surface area contributed by atoms with E-state index in [1.165, 1.54) is 6.92 Å². The molecule has 13 heavy (non-hydrogen) atoms. The van der Waals surface area contributed by atoms with Gasteiger partial charge in [-0.2, -0.15) is 12.6 Å². The summed E-state index contributed by atoms with van der Waals surface area (Å²) in [5, 5.41) is 0. The molecule has 0 N–H and O–H groups in total. The predicted octanol–water partition coefficient (Wildman–Crippen LogP) is 3.44. The Bertz CT molecular complexity index is 326. The molecule has 0 spiro atoms. The van der Waals surface area contributed by atoms with Crippen molar-refractivity contribution in [2.24, 2.45) is 0 Å². The first-order valence-electron chi connectivity index (χ1n) is 4.01. The average molecular weight is 202 g/mol. The number of hydrogen-bond acceptors (Lipinski definition) is 1. The highest BCUT2D eigenvalue weighted by atomic mass is 32.1. The third-order valence-electron chi connectivity index (χ3n) is 1.93. The van der Waals surface area contributed by atoms with Crippen molar-refractivity contribution in [1.29, 1.82) is 0 Å².